The molecule has 10 heteroatoms. The van der Waals surface area contributed by atoms with E-state index in [9.17, 15) is 0 Å². The van der Waals surface area contributed by atoms with Gasteiger partial charge in [-0.15, -0.1) is 0 Å². The Bertz CT molecular complexity index is 354. The third-order valence-corrected chi connectivity index (χ3v) is 40.0. The molecule has 0 N–H and O–H groups in total. The second kappa shape index (κ2) is 11.0. The minimum atomic E-state index is -2.29. The monoisotopic (exact) mass is 522 g/mol. The van der Waals surface area contributed by atoms with E-state index in [4.69, 9.17) is 41.7 Å². The second-order valence-corrected chi connectivity index (χ2v) is 32.3. The van der Waals surface area contributed by atoms with Crippen molar-refractivity contribution < 1.29 is 18.1 Å². The van der Waals surface area contributed by atoms with E-state index in [1.807, 2.05) is 55.4 Å². The first-order valence-corrected chi connectivity index (χ1v) is 21.2. The molecule has 0 saturated carbocycles. The predicted octanol–water partition coefficient (Wildman–Crippen LogP) is 4.46. The van der Waals surface area contributed by atoms with Gasteiger partial charge in [-0.25, -0.2) is 0 Å². The summed E-state index contributed by atoms with van der Waals surface area (Å²) in [5.41, 5.74) is 0. The van der Waals surface area contributed by atoms with Crippen LogP contribution in [-0.2, 0) is 41.7 Å². The van der Waals surface area contributed by atoms with Crippen LogP contribution in [0.3, 0.4) is 0 Å². The standard InChI is InChI=1S/C12H28O4P2S2Se2/c1-9(2)13-17(19,14-10(3)4)21-22-18(20,15-11(5)6)16-12(7)8/h9-12H,1-8H3. The van der Waals surface area contributed by atoms with Gasteiger partial charge in [0.05, 0.1) is 0 Å². The Balaban J connectivity index is 5.02. The van der Waals surface area contributed by atoms with E-state index in [-0.39, 0.29) is 49.8 Å². The van der Waals surface area contributed by atoms with E-state index in [1.165, 1.54) is 0 Å². The van der Waals surface area contributed by atoms with E-state index in [2.05, 4.69) is 0 Å². The van der Waals surface area contributed by atoms with Gasteiger partial charge < -0.3 is 0 Å². The second-order valence-electron chi connectivity index (χ2n) is 5.66. The van der Waals surface area contributed by atoms with Crippen molar-refractivity contribution in [3.8, 4) is 0 Å². The predicted molar refractivity (Wildman–Crippen MR) is 105 cm³/mol. The van der Waals surface area contributed by atoms with Crippen LogP contribution in [0.15, 0.2) is 0 Å². The van der Waals surface area contributed by atoms with Gasteiger partial charge in [0.25, 0.3) is 0 Å². The zero-order valence-electron chi connectivity index (χ0n) is 14.5. The zero-order valence-corrected chi connectivity index (χ0v) is 21.3. The van der Waals surface area contributed by atoms with E-state index >= 15 is 0 Å². The Kier molecular flexibility index (Phi) is 12.1. The third-order valence-electron chi connectivity index (χ3n) is 1.58. The average Bonchev–Trinajstić information content (AvgIpc) is 2.21. The molecule has 134 valence electrons. The van der Waals surface area contributed by atoms with Crippen molar-refractivity contribution >= 4 is 59.4 Å². The van der Waals surface area contributed by atoms with Crippen LogP contribution in [0.1, 0.15) is 55.4 Å². The molecule has 0 spiro atoms. The zero-order chi connectivity index (χ0) is 17.6. The summed E-state index contributed by atoms with van der Waals surface area (Å²) in [5, 5.41) is -4.58. The third kappa shape index (κ3) is 11.7. The van der Waals surface area contributed by atoms with Crippen LogP contribution in [0.5, 0.6) is 0 Å². The first-order chi connectivity index (χ1) is 9.87. The van der Waals surface area contributed by atoms with Gasteiger partial charge in [0.15, 0.2) is 0 Å². The first-order valence-electron chi connectivity index (χ1n) is 7.19. The van der Waals surface area contributed by atoms with Crippen molar-refractivity contribution in [1.82, 2.24) is 0 Å². The van der Waals surface area contributed by atoms with Crippen LogP contribution in [0.4, 0.5) is 0 Å². The average molecular weight is 520 g/mol. The molecule has 0 radical (unpaired) electrons. The van der Waals surface area contributed by atoms with Crippen molar-refractivity contribution in [2.75, 3.05) is 0 Å². The van der Waals surface area contributed by atoms with Gasteiger partial charge in [-0.05, 0) is 0 Å². The fraction of sp³-hybridized carbons (Fsp3) is 1.00. The van der Waals surface area contributed by atoms with E-state index in [0.717, 1.165) is 0 Å². The van der Waals surface area contributed by atoms with Crippen LogP contribution < -0.4 is 0 Å². The van der Waals surface area contributed by atoms with Crippen LogP contribution in [0, 0.1) is 0 Å². The van der Waals surface area contributed by atoms with Crippen molar-refractivity contribution in [3.63, 3.8) is 0 Å². The summed E-state index contributed by atoms with van der Waals surface area (Å²) in [6, 6.07) is 0. The Morgan fingerprint density at radius 1 is 0.545 bits per heavy atom. The van der Waals surface area contributed by atoms with Crippen molar-refractivity contribution in [3.05, 3.63) is 0 Å². The van der Waals surface area contributed by atoms with Gasteiger partial charge in [-0.2, -0.15) is 0 Å². The maximum atomic E-state index is 5.96. The number of hydrogen-bond acceptors (Lipinski definition) is 6. The van der Waals surface area contributed by atoms with Crippen LogP contribution in [-0.4, -0.2) is 49.8 Å². The molecule has 0 aliphatic carbocycles. The van der Waals surface area contributed by atoms with E-state index in [1.54, 1.807) is 0 Å². The summed E-state index contributed by atoms with van der Waals surface area (Å²) in [5.74, 6) is 0. The van der Waals surface area contributed by atoms with Crippen LogP contribution >= 0.6 is 10.4 Å². The Morgan fingerprint density at radius 2 is 0.727 bits per heavy atom. The molecule has 4 nitrogen and oxygen atoms in total. The fourth-order valence-electron chi connectivity index (χ4n) is 1.23. The van der Waals surface area contributed by atoms with Gasteiger partial charge >= 0.3 is 157 Å². The molecule has 0 fully saturated rings. The van der Waals surface area contributed by atoms with Crippen LogP contribution in [0.2, 0.25) is 0 Å². The molecular weight excluding hydrogens is 492 g/mol. The molecule has 0 aromatic carbocycles. The Labute approximate surface area is 156 Å². The molecule has 0 unspecified atom stereocenters. The molecule has 0 saturated heterocycles. The van der Waals surface area contributed by atoms with E-state index in [0.29, 0.717) is 0 Å². The molecule has 0 heterocycles. The number of rotatable bonds is 11. The quantitative estimate of drug-likeness (QED) is 0.296. The summed E-state index contributed by atoms with van der Waals surface area (Å²) < 4.78 is 23.8. The minimum absolute atomic E-state index is 0.0107. The van der Waals surface area contributed by atoms with E-state index < -0.39 is 10.4 Å². The Morgan fingerprint density at radius 3 is 0.864 bits per heavy atom. The van der Waals surface area contributed by atoms with Crippen molar-refractivity contribution in [1.29, 1.82) is 0 Å². The molecule has 0 aliphatic heterocycles. The van der Waals surface area contributed by atoms with Gasteiger partial charge in [-0.3, -0.25) is 0 Å². The summed E-state index contributed by atoms with van der Waals surface area (Å²) in [7, 11) is 0. The van der Waals surface area contributed by atoms with Crippen molar-refractivity contribution in [2.24, 2.45) is 0 Å². The van der Waals surface area contributed by atoms with Crippen molar-refractivity contribution in [2.45, 2.75) is 79.8 Å². The van der Waals surface area contributed by atoms with Gasteiger partial charge in [0.2, 0.25) is 0 Å². The fourth-order valence-corrected chi connectivity index (χ4v) is 48.4. The topological polar surface area (TPSA) is 36.9 Å². The Hall–Kier alpha value is 2.18. The normalized spacial score (nSPS) is 13.8. The molecule has 0 aromatic rings. The molecule has 0 aromatic heterocycles. The molecular formula is C12H28O4P2S2Se2. The summed E-state index contributed by atoms with van der Waals surface area (Å²) in [6.45, 7) is 15.9. The number of hydrogen-bond donors (Lipinski definition) is 0. The van der Waals surface area contributed by atoms with Gasteiger partial charge in [0.1, 0.15) is 0 Å². The molecule has 22 heavy (non-hydrogen) atoms. The SMILES string of the molecule is CC(C)OP(=S)(OC(C)C)[Se][Se]P(=S)(OC(C)C)OC(C)C. The molecule has 0 amide bonds. The summed E-state index contributed by atoms with van der Waals surface area (Å²) >= 11 is 11.4. The van der Waals surface area contributed by atoms with Crippen LogP contribution in [0.25, 0.3) is 0 Å². The molecule has 0 aliphatic rings. The maximum absolute atomic E-state index is 5.96. The summed E-state index contributed by atoms with van der Waals surface area (Å²) in [6.07, 6.45) is 0.212. The van der Waals surface area contributed by atoms with Gasteiger partial charge in [-0.1, -0.05) is 0 Å². The van der Waals surface area contributed by atoms with Gasteiger partial charge in [0, 0.05) is 0 Å². The first kappa shape index (κ1) is 24.2. The molecule has 0 atom stereocenters. The summed E-state index contributed by atoms with van der Waals surface area (Å²) in [4.78, 5) is 0. The molecule has 0 rings (SSSR count). The molecule has 0 bridgehead atoms.